The van der Waals surface area contributed by atoms with Gasteiger partial charge in [-0.2, -0.15) is 0 Å². The summed E-state index contributed by atoms with van der Waals surface area (Å²) in [6.45, 7) is 2.57. The Balaban J connectivity index is 1.08. The van der Waals surface area contributed by atoms with Gasteiger partial charge in [0, 0.05) is 24.7 Å². The van der Waals surface area contributed by atoms with Crippen LogP contribution >= 0.6 is 0 Å². The number of hydrogen-bond acceptors (Lipinski definition) is 6. The molecule has 2 bridgehead atoms. The molecule has 0 radical (unpaired) electrons. The Morgan fingerprint density at radius 2 is 1.50 bits per heavy atom. The van der Waals surface area contributed by atoms with Crippen molar-refractivity contribution >= 4 is 11.9 Å². The zero-order chi connectivity index (χ0) is 24.5. The van der Waals surface area contributed by atoms with Crippen molar-refractivity contribution in [3.05, 3.63) is 59.7 Å². The minimum Gasteiger partial charge on any atom is -0.448 e. The zero-order valence-corrected chi connectivity index (χ0v) is 20.5. The standard InChI is InChI=1S/C29H33NO6/c31-27(10-11-28-34-12-5-13-35-28)19-14-20-16-33-17-21(15-19)30(20)29(32)36-18-26-24-8-3-1-6-22(24)23-7-2-4-9-25(23)26/h1-4,6-9,19-21,26,28H,5,10-18H2. The molecule has 2 unspecified atom stereocenters. The van der Waals surface area contributed by atoms with E-state index in [4.69, 9.17) is 18.9 Å². The highest BCUT2D eigenvalue weighted by atomic mass is 16.7. The summed E-state index contributed by atoms with van der Waals surface area (Å²) >= 11 is 0. The van der Waals surface area contributed by atoms with Crippen molar-refractivity contribution in [2.45, 2.75) is 56.4 Å². The minimum absolute atomic E-state index is 0.0285. The number of morpholine rings is 1. The third kappa shape index (κ3) is 4.56. The number of carbonyl (C=O) groups excluding carboxylic acids is 2. The Morgan fingerprint density at radius 1 is 0.889 bits per heavy atom. The van der Waals surface area contributed by atoms with Crippen molar-refractivity contribution in [3.63, 3.8) is 0 Å². The molecule has 3 heterocycles. The lowest BCUT2D eigenvalue weighted by Gasteiger charge is -2.47. The molecule has 3 fully saturated rings. The van der Waals surface area contributed by atoms with Crippen molar-refractivity contribution in [1.82, 2.24) is 4.90 Å². The second-order valence-corrected chi connectivity index (χ2v) is 10.3. The van der Waals surface area contributed by atoms with Gasteiger partial charge in [0.1, 0.15) is 12.4 Å². The summed E-state index contributed by atoms with van der Waals surface area (Å²) in [5.74, 6) is 0.197. The zero-order valence-electron chi connectivity index (χ0n) is 20.5. The Labute approximate surface area is 211 Å². The van der Waals surface area contributed by atoms with Crippen molar-refractivity contribution in [2.24, 2.45) is 5.92 Å². The largest absolute Gasteiger partial charge is 0.448 e. The highest BCUT2D eigenvalue weighted by Gasteiger charge is 2.44. The SMILES string of the molecule is O=C(CCC1OCCCO1)C1CC2COCC(C1)N2C(=O)OCC1c2ccccc2-c2ccccc21. The molecular formula is C29H33NO6. The number of hydrogen-bond donors (Lipinski definition) is 0. The normalized spacial score (nSPS) is 25.8. The van der Waals surface area contributed by atoms with Crippen LogP contribution in [0.2, 0.25) is 0 Å². The number of carbonyl (C=O) groups is 2. The van der Waals surface area contributed by atoms with Crippen molar-refractivity contribution in [2.75, 3.05) is 33.0 Å². The maximum absolute atomic E-state index is 13.3. The maximum atomic E-state index is 13.3. The van der Waals surface area contributed by atoms with E-state index in [9.17, 15) is 9.59 Å². The first kappa shape index (κ1) is 23.6. The molecule has 190 valence electrons. The summed E-state index contributed by atoms with van der Waals surface area (Å²) in [5.41, 5.74) is 4.82. The van der Waals surface area contributed by atoms with E-state index in [1.165, 1.54) is 22.3 Å². The maximum Gasteiger partial charge on any atom is 0.410 e. The Kier molecular flexibility index (Phi) is 6.78. The number of ketones is 1. The summed E-state index contributed by atoms with van der Waals surface area (Å²) in [6.07, 6.45) is 2.61. The van der Waals surface area contributed by atoms with Gasteiger partial charge in [0.25, 0.3) is 0 Å². The van der Waals surface area contributed by atoms with E-state index in [-0.39, 0.29) is 42.1 Å². The molecular weight excluding hydrogens is 458 g/mol. The number of Topliss-reactive ketones (excluding diaryl/α,β-unsaturated/α-hetero) is 1. The van der Waals surface area contributed by atoms with Crippen LogP contribution in [0, 0.1) is 5.92 Å². The lowest BCUT2D eigenvalue weighted by Crippen LogP contribution is -2.60. The topological polar surface area (TPSA) is 74.3 Å². The molecule has 6 rings (SSSR count). The fraction of sp³-hybridized carbons (Fsp3) is 0.517. The van der Waals surface area contributed by atoms with Gasteiger partial charge in [0.05, 0.1) is 38.5 Å². The van der Waals surface area contributed by atoms with Gasteiger partial charge < -0.3 is 18.9 Å². The highest BCUT2D eigenvalue weighted by Crippen LogP contribution is 2.44. The molecule has 2 aromatic rings. The van der Waals surface area contributed by atoms with Gasteiger partial charge in [-0.15, -0.1) is 0 Å². The molecule has 0 saturated carbocycles. The van der Waals surface area contributed by atoms with Crippen LogP contribution in [0.15, 0.2) is 48.5 Å². The van der Waals surface area contributed by atoms with Crippen LogP contribution in [0.3, 0.4) is 0 Å². The van der Waals surface area contributed by atoms with E-state index in [1.807, 2.05) is 29.2 Å². The molecule has 4 aliphatic rings. The molecule has 2 aromatic carbocycles. The first-order chi connectivity index (χ1) is 17.7. The second-order valence-electron chi connectivity index (χ2n) is 10.3. The number of amides is 1. The number of benzene rings is 2. The van der Waals surface area contributed by atoms with Crippen molar-refractivity contribution < 1.29 is 28.5 Å². The van der Waals surface area contributed by atoms with E-state index >= 15 is 0 Å². The fourth-order valence-corrected chi connectivity index (χ4v) is 6.31. The van der Waals surface area contributed by atoms with Gasteiger partial charge >= 0.3 is 6.09 Å². The summed E-state index contributed by atoms with van der Waals surface area (Å²) in [6, 6.07) is 16.4. The smallest absolute Gasteiger partial charge is 0.410 e. The monoisotopic (exact) mass is 491 g/mol. The van der Waals surface area contributed by atoms with Crippen molar-refractivity contribution in [3.8, 4) is 11.1 Å². The quantitative estimate of drug-likeness (QED) is 0.591. The van der Waals surface area contributed by atoms with Crippen LogP contribution in [-0.2, 0) is 23.7 Å². The predicted molar refractivity (Wildman–Crippen MR) is 133 cm³/mol. The first-order valence-corrected chi connectivity index (χ1v) is 13.2. The summed E-state index contributed by atoms with van der Waals surface area (Å²) in [7, 11) is 0. The average Bonchev–Trinajstić information content (AvgIpc) is 3.24. The third-order valence-electron chi connectivity index (χ3n) is 8.05. The molecule has 7 nitrogen and oxygen atoms in total. The minimum atomic E-state index is -0.301. The number of rotatable bonds is 6. The Bertz CT molecular complexity index is 1050. The molecule has 2 atom stereocenters. The first-order valence-electron chi connectivity index (χ1n) is 13.2. The number of piperidine rings is 1. The number of fused-ring (bicyclic) bond motifs is 5. The molecule has 7 heteroatoms. The van der Waals surface area contributed by atoms with Crippen LogP contribution in [0.25, 0.3) is 11.1 Å². The Hall–Kier alpha value is -2.74. The molecule has 3 saturated heterocycles. The predicted octanol–water partition coefficient (Wildman–Crippen LogP) is 4.53. The molecule has 36 heavy (non-hydrogen) atoms. The summed E-state index contributed by atoms with van der Waals surface area (Å²) in [5, 5.41) is 0. The lowest BCUT2D eigenvalue weighted by atomic mass is 9.81. The van der Waals surface area contributed by atoms with Crippen LogP contribution < -0.4 is 0 Å². The molecule has 0 N–H and O–H groups in total. The van der Waals surface area contributed by atoms with E-state index in [1.54, 1.807) is 0 Å². The van der Waals surface area contributed by atoms with Gasteiger partial charge in [0.15, 0.2) is 6.29 Å². The van der Waals surface area contributed by atoms with Crippen LogP contribution in [0.1, 0.15) is 49.1 Å². The number of nitrogens with zero attached hydrogens (tertiary/aromatic N) is 1. The van der Waals surface area contributed by atoms with Gasteiger partial charge in [-0.3, -0.25) is 9.69 Å². The van der Waals surface area contributed by atoms with Gasteiger partial charge in [-0.05, 0) is 41.5 Å². The molecule has 1 amide bonds. The lowest BCUT2D eigenvalue weighted by molar-refractivity contribution is -0.182. The summed E-state index contributed by atoms with van der Waals surface area (Å²) < 4.78 is 22.9. The fourth-order valence-electron chi connectivity index (χ4n) is 6.31. The van der Waals surface area contributed by atoms with Gasteiger partial charge in [-0.25, -0.2) is 4.79 Å². The number of ether oxygens (including phenoxy) is 4. The third-order valence-corrected chi connectivity index (χ3v) is 8.05. The summed E-state index contributed by atoms with van der Waals surface area (Å²) in [4.78, 5) is 28.2. The van der Waals surface area contributed by atoms with E-state index in [0.29, 0.717) is 58.7 Å². The molecule has 0 spiro atoms. The van der Waals surface area contributed by atoms with Crippen molar-refractivity contribution in [1.29, 1.82) is 0 Å². The van der Waals surface area contributed by atoms with Crippen LogP contribution in [0.5, 0.6) is 0 Å². The highest BCUT2D eigenvalue weighted by molar-refractivity contribution is 5.82. The molecule has 0 aromatic heterocycles. The van der Waals surface area contributed by atoms with Gasteiger partial charge in [0.2, 0.25) is 0 Å². The van der Waals surface area contributed by atoms with Crippen LogP contribution in [-0.4, -0.2) is 68.2 Å². The second kappa shape index (κ2) is 10.3. The average molecular weight is 492 g/mol. The van der Waals surface area contributed by atoms with E-state index < -0.39 is 0 Å². The van der Waals surface area contributed by atoms with E-state index in [0.717, 1.165) is 6.42 Å². The molecule has 1 aliphatic carbocycles. The molecule has 3 aliphatic heterocycles. The van der Waals surface area contributed by atoms with Crippen LogP contribution in [0.4, 0.5) is 4.79 Å². The Morgan fingerprint density at radius 3 is 2.14 bits per heavy atom. The van der Waals surface area contributed by atoms with E-state index in [2.05, 4.69) is 24.3 Å². The van der Waals surface area contributed by atoms with Gasteiger partial charge in [-0.1, -0.05) is 48.5 Å².